The summed E-state index contributed by atoms with van der Waals surface area (Å²) in [7, 11) is 0. The second-order valence-electron chi connectivity index (χ2n) is 4.39. The van der Waals surface area contributed by atoms with Crippen molar-refractivity contribution in [3.63, 3.8) is 0 Å². The second-order valence-corrected chi connectivity index (χ2v) is 4.39. The van der Waals surface area contributed by atoms with Gasteiger partial charge in [-0.05, 0) is 24.3 Å². The van der Waals surface area contributed by atoms with Crippen molar-refractivity contribution < 1.29 is 4.42 Å². The Kier molecular flexibility index (Phi) is 2.35. The highest BCUT2D eigenvalue weighted by Gasteiger charge is 2.10. The fourth-order valence-electron chi connectivity index (χ4n) is 2.12. The molecule has 5 heteroatoms. The molecule has 0 saturated carbocycles. The minimum atomic E-state index is 0.694. The molecule has 20 heavy (non-hydrogen) atoms. The molecule has 3 aromatic heterocycles. The maximum atomic E-state index is 5.81. The number of furan rings is 1. The quantitative estimate of drug-likeness (QED) is 0.602. The molecular weight excluding hydrogens is 252 g/mol. The summed E-state index contributed by atoms with van der Waals surface area (Å²) >= 11 is 0. The average molecular weight is 262 g/mol. The first-order chi connectivity index (χ1) is 9.90. The standard InChI is InChI=1S/C15H10N4O/c1-2-4-12-11(3-1)18-15(19-12)14-6-5-13(20-14)10-7-16-9-17-8-10/h1-9H,(H,18,19). The molecule has 0 unspecified atom stereocenters. The van der Waals surface area contributed by atoms with Gasteiger partial charge in [-0.2, -0.15) is 0 Å². The van der Waals surface area contributed by atoms with E-state index in [9.17, 15) is 0 Å². The zero-order chi connectivity index (χ0) is 13.4. The van der Waals surface area contributed by atoms with E-state index in [0.717, 1.165) is 22.4 Å². The highest BCUT2D eigenvalue weighted by Crippen LogP contribution is 2.27. The number of nitrogens with zero attached hydrogens (tertiary/aromatic N) is 3. The minimum Gasteiger partial charge on any atom is -0.453 e. The minimum absolute atomic E-state index is 0.694. The number of imidazole rings is 1. The Morgan fingerprint density at radius 3 is 2.55 bits per heavy atom. The summed E-state index contributed by atoms with van der Waals surface area (Å²) in [5, 5.41) is 0. The van der Waals surface area contributed by atoms with Gasteiger partial charge in [0, 0.05) is 12.4 Å². The van der Waals surface area contributed by atoms with E-state index in [2.05, 4.69) is 19.9 Å². The van der Waals surface area contributed by atoms with Crippen LogP contribution in [0, 0.1) is 0 Å². The van der Waals surface area contributed by atoms with Crippen LogP contribution in [0.2, 0.25) is 0 Å². The van der Waals surface area contributed by atoms with Crippen molar-refractivity contribution in [3.8, 4) is 22.9 Å². The molecule has 0 aliphatic carbocycles. The largest absolute Gasteiger partial charge is 0.453 e. The van der Waals surface area contributed by atoms with Gasteiger partial charge in [-0.1, -0.05) is 12.1 Å². The molecule has 1 N–H and O–H groups in total. The summed E-state index contributed by atoms with van der Waals surface area (Å²) in [6.07, 6.45) is 4.93. The van der Waals surface area contributed by atoms with Gasteiger partial charge in [0.2, 0.25) is 0 Å². The molecule has 0 fully saturated rings. The molecule has 0 aliphatic heterocycles. The summed E-state index contributed by atoms with van der Waals surface area (Å²) in [6.45, 7) is 0. The fourth-order valence-corrected chi connectivity index (χ4v) is 2.12. The molecule has 0 aliphatic rings. The predicted molar refractivity (Wildman–Crippen MR) is 74.8 cm³/mol. The maximum Gasteiger partial charge on any atom is 0.174 e. The molecule has 0 spiro atoms. The van der Waals surface area contributed by atoms with E-state index < -0.39 is 0 Å². The number of aromatic nitrogens is 4. The van der Waals surface area contributed by atoms with Gasteiger partial charge in [0.05, 0.1) is 16.6 Å². The van der Waals surface area contributed by atoms with Gasteiger partial charge >= 0.3 is 0 Å². The highest BCUT2D eigenvalue weighted by atomic mass is 16.3. The number of nitrogens with one attached hydrogen (secondary N) is 1. The van der Waals surface area contributed by atoms with Gasteiger partial charge < -0.3 is 9.40 Å². The normalized spacial score (nSPS) is 11.0. The topological polar surface area (TPSA) is 67.6 Å². The first-order valence-electron chi connectivity index (χ1n) is 6.20. The lowest BCUT2D eigenvalue weighted by molar-refractivity contribution is 0.592. The van der Waals surface area contributed by atoms with Crippen LogP contribution in [0.4, 0.5) is 0 Å². The number of fused-ring (bicyclic) bond motifs is 1. The van der Waals surface area contributed by atoms with Crippen LogP contribution in [-0.4, -0.2) is 19.9 Å². The van der Waals surface area contributed by atoms with E-state index in [0.29, 0.717) is 11.6 Å². The Morgan fingerprint density at radius 2 is 1.70 bits per heavy atom. The number of H-pyrrole nitrogens is 1. The number of hydrogen-bond acceptors (Lipinski definition) is 4. The molecule has 96 valence electrons. The third kappa shape index (κ3) is 1.76. The van der Waals surface area contributed by atoms with Crippen molar-refractivity contribution in [3.05, 3.63) is 55.1 Å². The molecule has 0 atom stereocenters. The second kappa shape index (κ2) is 4.31. The van der Waals surface area contributed by atoms with Crippen LogP contribution in [0.5, 0.6) is 0 Å². The average Bonchev–Trinajstić information content (AvgIpc) is 3.14. The number of hydrogen-bond donors (Lipinski definition) is 1. The zero-order valence-corrected chi connectivity index (χ0v) is 10.4. The van der Waals surface area contributed by atoms with Crippen LogP contribution in [-0.2, 0) is 0 Å². The van der Waals surface area contributed by atoms with E-state index in [4.69, 9.17) is 4.42 Å². The molecule has 0 radical (unpaired) electrons. The number of aromatic amines is 1. The molecule has 5 nitrogen and oxygen atoms in total. The van der Waals surface area contributed by atoms with Gasteiger partial charge in [0.25, 0.3) is 0 Å². The van der Waals surface area contributed by atoms with Gasteiger partial charge in [-0.25, -0.2) is 15.0 Å². The van der Waals surface area contributed by atoms with Crippen molar-refractivity contribution in [2.75, 3.05) is 0 Å². The molecule has 0 saturated heterocycles. The summed E-state index contributed by atoms with van der Waals surface area (Å²) in [5.74, 6) is 2.13. The van der Waals surface area contributed by atoms with Crippen molar-refractivity contribution in [1.29, 1.82) is 0 Å². The monoisotopic (exact) mass is 262 g/mol. The fraction of sp³-hybridized carbons (Fsp3) is 0. The van der Waals surface area contributed by atoms with E-state index in [1.54, 1.807) is 12.4 Å². The van der Waals surface area contributed by atoms with Gasteiger partial charge in [0.1, 0.15) is 12.1 Å². The highest BCUT2D eigenvalue weighted by molar-refractivity contribution is 5.78. The third-order valence-corrected chi connectivity index (χ3v) is 3.07. The van der Waals surface area contributed by atoms with Crippen LogP contribution >= 0.6 is 0 Å². The van der Waals surface area contributed by atoms with Crippen molar-refractivity contribution in [2.45, 2.75) is 0 Å². The SMILES string of the molecule is c1ccc2[nH]c(-c3ccc(-c4cncnc4)o3)nc2c1. The first-order valence-corrected chi connectivity index (χ1v) is 6.20. The first kappa shape index (κ1) is 10.9. The number of benzene rings is 1. The van der Waals surface area contributed by atoms with Crippen molar-refractivity contribution in [2.24, 2.45) is 0 Å². The van der Waals surface area contributed by atoms with Crippen molar-refractivity contribution >= 4 is 11.0 Å². The molecule has 1 aromatic carbocycles. The Bertz CT molecular complexity index is 831. The maximum absolute atomic E-state index is 5.81. The van der Waals surface area contributed by atoms with Gasteiger partial charge in [0.15, 0.2) is 11.6 Å². The molecule has 0 bridgehead atoms. The van der Waals surface area contributed by atoms with Crippen LogP contribution in [0.15, 0.2) is 59.5 Å². The molecule has 0 amide bonds. The third-order valence-electron chi connectivity index (χ3n) is 3.07. The Balaban J connectivity index is 1.78. The smallest absolute Gasteiger partial charge is 0.174 e. The molecule has 4 aromatic rings. The summed E-state index contributed by atoms with van der Waals surface area (Å²) in [5.41, 5.74) is 2.75. The van der Waals surface area contributed by atoms with E-state index >= 15 is 0 Å². The summed E-state index contributed by atoms with van der Waals surface area (Å²) in [4.78, 5) is 15.7. The lowest BCUT2D eigenvalue weighted by atomic mass is 10.3. The molecular formula is C15H10N4O. The van der Waals surface area contributed by atoms with E-state index in [1.165, 1.54) is 6.33 Å². The lowest BCUT2D eigenvalue weighted by Crippen LogP contribution is -1.79. The van der Waals surface area contributed by atoms with Crippen LogP contribution in [0.1, 0.15) is 0 Å². The van der Waals surface area contributed by atoms with Gasteiger partial charge in [-0.3, -0.25) is 0 Å². The molecule has 4 rings (SSSR count). The number of para-hydroxylation sites is 2. The van der Waals surface area contributed by atoms with Crippen molar-refractivity contribution in [1.82, 2.24) is 19.9 Å². The zero-order valence-electron chi connectivity index (χ0n) is 10.4. The predicted octanol–water partition coefficient (Wildman–Crippen LogP) is 3.28. The van der Waals surface area contributed by atoms with Crippen LogP contribution in [0.3, 0.4) is 0 Å². The van der Waals surface area contributed by atoms with E-state index in [1.807, 2.05) is 36.4 Å². The Labute approximate surface area is 114 Å². The van der Waals surface area contributed by atoms with E-state index in [-0.39, 0.29) is 0 Å². The number of rotatable bonds is 2. The summed E-state index contributed by atoms with van der Waals surface area (Å²) in [6, 6.07) is 11.7. The van der Waals surface area contributed by atoms with Crippen LogP contribution < -0.4 is 0 Å². The Morgan fingerprint density at radius 1 is 0.900 bits per heavy atom. The summed E-state index contributed by atoms with van der Waals surface area (Å²) < 4.78 is 5.81. The van der Waals surface area contributed by atoms with Gasteiger partial charge in [-0.15, -0.1) is 0 Å². The molecule has 3 heterocycles. The Hall–Kier alpha value is -2.95. The van der Waals surface area contributed by atoms with Crippen LogP contribution in [0.25, 0.3) is 33.9 Å². The lowest BCUT2D eigenvalue weighted by Gasteiger charge is -1.94.